The number of carbonyl (C=O) groups is 1. The van der Waals surface area contributed by atoms with Crippen molar-refractivity contribution in [3.63, 3.8) is 0 Å². The van der Waals surface area contributed by atoms with Crippen LogP contribution in [0.25, 0.3) is 28.0 Å². The fourth-order valence-electron chi connectivity index (χ4n) is 4.39. The Morgan fingerprint density at radius 3 is 2.21 bits per heavy atom. The van der Waals surface area contributed by atoms with Gasteiger partial charge in [0.05, 0.1) is 17.9 Å². The normalized spacial score (nSPS) is 15.2. The summed E-state index contributed by atoms with van der Waals surface area (Å²) < 4.78 is 2.19. The quantitative estimate of drug-likeness (QED) is 0.458. The number of benzene rings is 2. The fraction of sp³-hybridized carbons (Fsp3) is 0.231. The first kappa shape index (κ1) is 21.6. The van der Waals surface area contributed by atoms with E-state index in [0.29, 0.717) is 5.02 Å². The van der Waals surface area contributed by atoms with Gasteiger partial charge in [-0.05, 0) is 35.4 Å². The summed E-state index contributed by atoms with van der Waals surface area (Å²) >= 11 is 6.13. The zero-order valence-electron chi connectivity index (χ0n) is 18.2. The summed E-state index contributed by atoms with van der Waals surface area (Å²) in [7, 11) is 0. The Morgan fingerprint density at radius 1 is 0.848 bits per heavy atom. The lowest BCUT2D eigenvalue weighted by atomic mass is 10.1. The van der Waals surface area contributed by atoms with Gasteiger partial charge in [0.25, 0.3) is 0 Å². The van der Waals surface area contributed by atoms with Crippen LogP contribution in [-0.2, 0) is 11.3 Å². The Balaban J connectivity index is 1.51. The highest BCUT2D eigenvalue weighted by atomic mass is 35.5. The molecule has 1 N–H and O–H groups in total. The van der Waals surface area contributed by atoms with E-state index in [0.717, 1.165) is 66.4 Å². The molecule has 1 aliphatic rings. The molecule has 4 aromatic rings. The Bertz CT molecular complexity index is 1260. The smallest absolute Gasteiger partial charge is 0.317 e. The number of imidazole rings is 1. The molecule has 0 spiro atoms. The molecule has 6 nitrogen and oxygen atoms in total. The van der Waals surface area contributed by atoms with Crippen LogP contribution in [0, 0.1) is 0 Å². The second kappa shape index (κ2) is 9.35. The van der Waals surface area contributed by atoms with E-state index in [9.17, 15) is 4.79 Å². The number of rotatable bonds is 6. The molecule has 2 aromatic carbocycles. The maximum atomic E-state index is 11.0. The molecule has 0 atom stereocenters. The van der Waals surface area contributed by atoms with Crippen molar-refractivity contribution in [2.45, 2.75) is 6.54 Å². The van der Waals surface area contributed by atoms with E-state index in [4.69, 9.17) is 21.7 Å². The average molecular weight is 461 g/mol. The molecule has 168 valence electrons. The Morgan fingerprint density at radius 2 is 1.52 bits per heavy atom. The van der Waals surface area contributed by atoms with Crippen LogP contribution >= 0.6 is 11.6 Å². The summed E-state index contributed by atoms with van der Waals surface area (Å²) in [5, 5.41) is 9.78. The predicted octanol–water partition coefficient (Wildman–Crippen LogP) is 4.52. The number of aliphatic carboxylic acids is 1. The SMILES string of the molecule is O=C(O)CN1CCN(Cc2c(-c3ccc(Cl)cc3)nc3ccc(-c4ccccc4)cn23)CC1. The van der Waals surface area contributed by atoms with Crippen LogP contribution in [0.5, 0.6) is 0 Å². The molecule has 7 heteroatoms. The van der Waals surface area contributed by atoms with Gasteiger partial charge >= 0.3 is 5.97 Å². The molecule has 2 aromatic heterocycles. The van der Waals surface area contributed by atoms with Gasteiger partial charge in [-0.1, -0.05) is 54.1 Å². The number of piperazine rings is 1. The van der Waals surface area contributed by atoms with Crippen molar-refractivity contribution in [2.75, 3.05) is 32.7 Å². The van der Waals surface area contributed by atoms with Gasteiger partial charge in [0.2, 0.25) is 0 Å². The summed E-state index contributed by atoms with van der Waals surface area (Å²) in [5.41, 5.74) is 6.30. The highest BCUT2D eigenvalue weighted by Gasteiger charge is 2.22. The highest BCUT2D eigenvalue weighted by Crippen LogP contribution is 2.29. The molecule has 3 heterocycles. The second-order valence-corrected chi connectivity index (χ2v) is 8.81. The maximum absolute atomic E-state index is 11.0. The number of pyridine rings is 1. The van der Waals surface area contributed by atoms with E-state index in [1.54, 1.807) is 0 Å². The van der Waals surface area contributed by atoms with Crippen LogP contribution in [-0.4, -0.2) is 63.0 Å². The molecule has 0 unspecified atom stereocenters. The van der Waals surface area contributed by atoms with Crippen LogP contribution in [0.4, 0.5) is 0 Å². The molecule has 1 fully saturated rings. The number of nitrogens with zero attached hydrogens (tertiary/aromatic N) is 4. The van der Waals surface area contributed by atoms with Gasteiger partial charge in [0.1, 0.15) is 5.65 Å². The van der Waals surface area contributed by atoms with Gasteiger partial charge in [-0.25, -0.2) is 4.98 Å². The first-order valence-electron chi connectivity index (χ1n) is 11.1. The van der Waals surface area contributed by atoms with Crippen LogP contribution in [0.3, 0.4) is 0 Å². The lowest BCUT2D eigenvalue weighted by Crippen LogP contribution is -2.47. The standard InChI is InChI=1S/C26H25ClN4O2/c27-22-9-6-20(7-10-22)26-23(17-29-12-14-30(15-13-29)18-25(32)33)31-16-21(8-11-24(31)28-26)19-4-2-1-3-5-19/h1-11,16H,12-15,17-18H2,(H,32,33). The van der Waals surface area contributed by atoms with Gasteiger partial charge < -0.3 is 9.51 Å². The minimum absolute atomic E-state index is 0.0971. The Labute approximate surface area is 197 Å². The van der Waals surface area contributed by atoms with Crippen LogP contribution in [0.1, 0.15) is 5.69 Å². The molecule has 5 rings (SSSR count). The van der Waals surface area contributed by atoms with E-state index in [-0.39, 0.29) is 6.54 Å². The van der Waals surface area contributed by atoms with Gasteiger partial charge in [-0.2, -0.15) is 0 Å². The molecule has 0 radical (unpaired) electrons. The maximum Gasteiger partial charge on any atom is 0.317 e. The molecule has 0 bridgehead atoms. The van der Waals surface area contributed by atoms with E-state index in [1.165, 1.54) is 0 Å². The van der Waals surface area contributed by atoms with Crippen molar-refractivity contribution in [3.05, 3.63) is 83.6 Å². The fourth-order valence-corrected chi connectivity index (χ4v) is 4.52. The van der Waals surface area contributed by atoms with Gasteiger partial charge in [-0.3, -0.25) is 14.6 Å². The zero-order chi connectivity index (χ0) is 22.8. The third-order valence-electron chi connectivity index (χ3n) is 6.14. The number of carboxylic acid groups (broad SMARTS) is 1. The summed E-state index contributed by atoms with van der Waals surface area (Å²) in [6.07, 6.45) is 2.16. The molecular formula is C26H25ClN4O2. The van der Waals surface area contributed by atoms with E-state index < -0.39 is 5.97 Å². The first-order chi connectivity index (χ1) is 16.1. The van der Waals surface area contributed by atoms with Gasteiger partial charge in [0.15, 0.2) is 0 Å². The predicted molar refractivity (Wildman–Crippen MR) is 130 cm³/mol. The minimum Gasteiger partial charge on any atom is -0.480 e. The van der Waals surface area contributed by atoms with Crippen LogP contribution in [0.15, 0.2) is 72.9 Å². The monoisotopic (exact) mass is 460 g/mol. The summed E-state index contributed by atoms with van der Waals surface area (Å²) in [6.45, 7) is 3.96. The lowest BCUT2D eigenvalue weighted by molar-refractivity contribution is -0.138. The molecule has 33 heavy (non-hydrogen) atoms. The third kappa shape index (κ3) is 4.78. The topological polar surface area (TPSA) is 61.1 Å². The lowest BCUT2D eigenvalue weighted by Gasteiger charge is -2.33. The van der Waals surface area contributed by atoms with E-state index in [1.807, 2.05) is 47.4 Å². The number of aromatic nitrogens is 2. The largest absolute Gasteiger partial charge is 0.480 e. The second-order valence-electron chi connectivity index (χ2n) is 8.37. The average Bonchev–Trinajstić information content (AvgIpc) is 3.18. The van der Waals surface area contributed by atoms with E-state index >= 15 is 0 Å². The Kier molecular flexibility index (Phi) is 6.13. The molecular weight excluding hydrogens is 436 g/mol. The molecule has 0 aliphatic carbocycles. The molecule has 1 aliphatic heterocycles. The van der Waals surface area contributed by atoms with Crippen LogP contribution in [0.2, 0.25) is 5.02 Å². The number of hydrogen-bond acceptors (Lipinski definition) is 4. The number of halogens is 1. The number of carboxylic acids is 1. The molecule has 1 saturated heterocycles. The van der Waals surface area contributed by atoms with Gasteiger partial charge in [0, 0.05) is 49.5 Å². The van der Waals surface area contributed by atoms with Crippen molar-refractivity contribution >= 4 is 23.2 Å². The minimum atomic E-state index is -0.774. The van der Waals surface area contributed by atoms with Crippen molar-refractivity contribution in [1.82, 2.24) is 19.2 Å². The number of hydrogen-bond donors (Lipinski definition) is 1. The van der Waals surface area contributed by atoms with E-state index in [2.05, 4.69) is 39.8 Å². The third-order valence-corrected chi connectivity index (χ3v) is 6.39. The molecule has 0 amide bonds. The summed E-state index contributed by atoms with van der Waals surface area (Å²) in [5.74, 6) is -0.774. The summed E-state index contributed by atoms with van der Waals surface area (Å²) in [6, 6.07) is 22.3. The van der Waals surface area contributed by atoms with Crippen molar-refractivity contribution in [3.8, 4) is 22.4 Å². The van der Waals surface area contributed by atoms with Crippen molar-refractivity contribution < 1.29 is 9.90 Å². The first-order valence-corrected chi connectivity index (χ1v) is 11.4. The van der Waals surface area contributed by atoms with Crippen molar-refractivity contribution in [1.29, 1.82) is 0 Å². The zero-order valence-corrected chi connectivity index (χ0v) is 18.9. The van der Waals surface area contributed by atoms with Gasteiger partial charge in [-0.15, -0.1) is 0 Å². The van der Waals surface area contributed by atoms with Crippen LogP contribution < -0.4 is 0 Å². The number of fused-ring (bicyclic) bond motifs is 1. The summed E-state index contributed by atoms with van der Waals surface area (Å²) in [4.78, 5) is 20.4. The van der Waals surface area contributed by atoms with Crippen molar-refractivity contribution in [2.24, 2.45) is 0 Å². The Hall–Kier alpha value is -3.19. The molecule has 0 saturated carbocycles. The highest BCUT2D eigenvalue weighted by molar-refractivity contribution is 6.30.